The lowest BCUT2D eigenvalue weighted by Crippen LogP contribution is -2.41. The molecule has 0 amide bonds. The molecule has 1 aromatic heterocycles. The lowest BCUT2D eigenvalue weighted by molar-refractivity contribution is -0.142. The van der Waals surface area contributed by atoms with Gasteiger partial charge in [0.05, 0.1) is 5.52 Å². The largest absolute Gasteiger partial charge is 0.480 e. The monoisotopic (exact) mass is 381 g/mol. The van der Waals surface area contributed by atoms with Crippen molar-refractivity contribution in [2.45, 2.75) is 60.7 Å². The second kappa shape index (κ2) is 7.53. The number of carboxylic acid groups (broad SMARTS) is 1. The van der Waals surface area contributed by atoms with Gasteiger partial charge in [-0.15, -0.1) is 11.8 Å². The summed E-state index contributed by atoms with van der Waals surface area (Å²) in [5.74, 6) is 5.65. The number of thioether (sulfide) groups is 1. The molecule has 0 saturated heterocycles. The minimum atomic E-state index is -0.737. The first-order valence-electron chi connectivity index (χ1n) is 9.58. The number of rotatable bonds is 4. The Morgan fingerprint density at radius 2 is 2.00 bits per heavy atom. The number of hydrogen-bond acceptors (Lipinski definition) is 4. The highest BCUT2D eigenvalue weighted by atomic mass is 32.2. The summed E-state index contributed by atoms with van der Waals surface area (Å²) in [6.07, 6.45) is 7.97. The van der Waals surface area contributed by atoms with Gasteiger partial charge in [-0.05, 0) is 62.3 Å². The molecule has 2 aromatic rings. The smallest absolute Gasteiger partial charge is 0.320 e. The fourth-order valence-corrected chi connectivity index (χ4v) is 5.31. The molecular formula is C22H23NO3S. The number of aliphatic hydroxyl groups excluding tert-OH is 1. The van der Waals surface area contributed by atoms with Crippen LogP contribution in [-0.2, 0) is 4.79 Å². The highest BCUT2D eigenvalue weighted by Gasteiger charge is 2.45. The molecule has 4 rings (SSSR count). The molecule has 1 atom stereocenters. The van der Waals surface area contributed by atoms with E-state index in [0.717, 1.165) is 40.6 Å². The second-order valence-electron chi connectivity index (χ2n) is 7.55. The zero-order valence-corrected chi connectivity index (χ0v) is 16.0. The molecule has 5 heteroatoms. The number of carbonyl (C=O) groups is 1. The van der Waals surface area contributed by atoms with Crippen LogP contribution in [-0.4, -0.2) is 32.0 Å². The van der Waals surface area contributed by atoms with Gasteiger partial charge in [0.2, 0.25) is 0 Å². The number of benzene rings is 1. The summed E-state index contributed by atoms with van der Waals surface area (Å²) in [6, 6.07) is 7.68. The number of hydrogen-bond donors (Lipinski definition) is 2. The zero-order valence-electron chi connectivity index (χ0n) is 15.1. The van der Waals surface area contributed by atoms with E-state index >= 15 is 0 Å². The minimum absolute atomic E-state index is 0.291. The van der Waals surface area contributed by atoms with Crippen LogP contribution in [0.3, 0.4) is 0 Å². The Hall–Kier alpha value is -2.03. The fourth-order valence-electron chi connectivity index (χ4n) is 3.90. The van der Waals surface area contributed by atoms with Gasteiger partial charge >= 0.3 is 5.97 Å². The van der Waals surface area contributed by atoms with E-state index in [1.807, 2.05) is 24.3 Å². The van der Waals surface area contributed by atoms with Crippen LogP contribution in [0.15, 0.2) is 35.4 Å². The average molecular weight is 381 g/mol. The van der Waals surface area contributed by atoms with E-state index in [2.05, 4.69) is 16.8 Å². The van der Waals surface area contributed by atoms with Crippen molar-refractivity contribution in [1.82, 2.24) is 4.98 Å². The predicted octanol–water partition coefficient (Wildman–Crippen LogP) is 4.24. The zero-order chi connectivity index (χ0) is 18.9. The van der Waals surface area contributed by atoms with Crippen molar-refractivity contribution < 1.29 is 15.0 Å². The molecule has 1 unspecified atom stereocenters. The van der Waals surface area contributed by atoms with Gasteiger partial charge in [0.25, 0.3) is 0 Å². The van der Waals surface area contributed by atoms with Gasteiger partial charge in [-0.25, -0.2) is 0 Å². The Bertz CT molecular complexity index is 920. The SMILES string of the molecule is O=C(O)C1(Sc2ccnc3ccc(C#CC(O)C4CCCC4)cc23)CCC1. The average Bonchev–Trinajstić information content (AvgIpc) is 3.17. The molecule has 1 aromatic carbocycles. The van der Waals surface area contributed by atoms with Gasteiger partial charge in [-0.3, -0.25) is 9.78 Å². The van der Waals surface area contributed by atoms with Crippen LogP contribution in [0.1, 0.15) is 50.5 Å². The van der Waals surface area contributed by atoms with Crippen LogP contribution in [0.25, 0.3) is 10.9 Å². The van der Waals surface area contributed by atoms with Crippen molar-refractivity contribution in [3.8, 4) is 11.8 Å². The number of fused-ring (bicyclic) bond motifs is 1. The van der Waals surface area contributed by atoms with E-state index in [4.69, 9.17) is 0 Å². The number of aliphatic carboxylic acids is 1. The van der Waals surface area contributed by atoms with Crippen molar-refractivity contribution >= 4 is 28.6 Å². The van der Waals surface area contributed by atoms with Gasteiger partial charge in [0, 0.05) is 22.0 Å². The standard InChI is InChI=1S/C22H23NO3S/c24-19(16-4-1-2-5-16)9-7-15-6-8-18-17(14-15)20(10-13-23-18)27-22(21(25)26)11-3-12-22/h6,8,10,13-14,16,19,24H,1-5,11-12H2,(H,25,26). The van der Waals surface area contributed by atoms with E-state index < -0.39 is 16.8 Å². The number of pyridine rings is 1. The highest BCUT2D eigenvalue weighted by molar-refractivity contribution is 8.01. The lowest BCUT2D eigenvalue weighted by atomic mass is 9.84. The summed E-state index contributed by atoms with van der Waals surface area (Å²) in [5, 5.41) is 20.8. The van der Waals surface area contributed by atoms with Gasteiger partial charge in [0.15, 0.2) is 0 Å². The maximum atomic E-state index is 11.7. The van der Waals surface area contributed by atoms with E-state index in [0.29, 0.717) is 18.8 Å². The summed E-state index contributed by atoms with van der Waals surface area (Å²) in [5.41, 5.74) is 1.66. The third-order valence-corrected chi connectivity index (χ3v) is 7.32. The molecule has 0 bridgehead atoms. The first-order valence-corrected chi connectivity index (χ1v) is 10.4. The van der Waals surface area contributed by atoms with Gasteiger partial charge in [-0.1, -0.05) is 24.7 Å². The Morgan fingerprint density at radius 1 is 1.22 bits per heavy atom. The molecule has 1 heterocycles. The van der Waals surface area contributed by atoms with E-state index in [1.165, 1.54) is 24.6 Å². The molecule has 2 aliphatic carbocycles. The van der Waals surface area contributed by atoms with E-state index in [-0.39, 0.29) is 0 Å². The van der Waals surface area contributed by atoms with Crippen molar-refractivity contribution in [3.05, 3.63) is 36.0 Å². The number of aromatic nitrogens is 1. The van der Waals surface area contributed by atoms with E-state index in [1.54, 1.807) is 6.20 Å². The first-order chi connectivity index (χ1) is 13.1. The summed E-state index contributed by atoms with van der Waals surface area (Å²) in [7, 11) is 0. The summed E-state index contributed by atoms with van der Waals surface area (Å²) in [6.45, 7) is 0. The molecule has 0 radical (unpaired) electrons. The molecule has 0 aliphatic heterocycles. The topological polar surface area (TPSA) is 70.4 Å². The molecule has 27 heavy (non-hydrogen) atoms. The van der Waals surface area contributed by atoms with Crippen molar-refractivity contribution in [2.75, 3.05) is 0 Å². The van der Waals surface area contributed by atoms with Gasteiger partial charge in [-0.2, -0.15) is 0 Å². The molecule has 2 N–H and O–H groups in total. The Kier molecular flexibility index (Phi) is 5.12. The lowest BCUT2D eigenvalue weighted by Gasteiger charge is -2.37. The van der Waals surface area contributed by atoms with Crippen LogP contribution >= 0.6 is 11.8 Å². The van der Waals surface area contributed by atoms with Crippen LogP contribution in [0.5, 0.6) is 0 Å². The predicted molar refractivity (Wildman–Crippen MR) is 107 cm³/mol. The van der Waals surface area contributed by atoms with E-state index in [9.17, 15) is 15.0 Å². The van der Waals surface area contributed by atoms with Crippen LogP contribution in [0, 0.1) is 17.8 Å². The Morgan fingerprint density at radius 3 is 2.67 bits per heavy atom. The Balaban J connectivity index is 1.62. The van der Waals surface area contributed by atoms with Gasteiger partial charge in [0.1, 0.15) is 10.9 Å². The minimum Gasteiger partial charge on any atom is -0.480 e. The summed E-state index contributed by atoms with van der Waals surface area (Å²) < 4.78 is -0.714. The molecular weight excluding hydrogens is 358 g/mol. The maximum absolute atomic E-state index is 11.7. The quantitative estimate of drug-likeness (QED) is 0.776. The van der Waals surface area contributed by atoms with Crippen LogP contribution in [0.2, 0.25) is 0 Å². The first kappa shape index (κ1) is 18.3. The van der Waals surface area contributed by atoms with Crippen molar-refractivity contribution in [2.24, 2.45) is 5.92 Å². The second-order valence-corrected chi connectivity index (χ2v) is 8.98. The van der Waals surface area contributed by atoms with Crippen molar-refractivity contribution in [1.29, 1.82) is 0 Å². The molecule has 0 spiro atoms. The summed E-state index contributed by atoms with van der Waals surface area (Å²) >= 11 is 1.43. The fraction of sp³-hybridized carbons (Fsp3) is 0.455. The number of carboxylic acids is 1. The molecule has 4 nitrogen and oxygen atoms in total. The number of aliphatic hydroxyl groups is 1. The van der Waals surface area contributed by atoms with Crippen LogP contribution < -0.4 is 0 Å². The van der Waals surface area contributed by atoms with Gasteiger partial charge < -0.3 is 10.2 Å². The normalized spacial score (nSPS) is 19.9. The third-order valence-electron chi connectivity index (χ3n) is 5.77. The maximum Gasteiger partial charge on any atom is 0.320 e. The number of nitrogens with zero attached hydrogens (tertiary/aromatic N) is 1. The van der Waals surface area contributed by atoms with Crippen LogP contribution in [0.4, 0.5) is 0 Å². The van der Waals surface area contributed by atoms with Crippen molar-refractivity contribution in [3.63, 3.8) is 0 Å². The Labute approximate surface area is 163 Å². The molecule has 2 saturated carbocycles. The molecule has 2 aliphatic rings. The highest BCUT2D eigenvalue weighted by Crippen LogP contribution is 2.49. The molecule has 140 valence electrons. The molecule has 2 fully saturated rings. The third kappa shape index (κ3) is 3.69. The summed E-state index contributed by atoms with van der Waals surface area (Å²) in [4.78, 5) is 17.1.